The summed E-state index contributed by atoms with van der Waals surface area (Å²) in [5.41, 5.74) is 7.34. The average molecular weight is 347 g/mol. The SMILES string of the molecule is C[C@@H]1CC(CNc2cccc(-c3cc(N)ncc3Cl)n2)C[C@H](C)O1. The van der Waals surface area contributed by atoms with Crippen molar-refractivity contribution in [2.45, 2.75) is 38.9 Å². The van der Waals surface area contributed by atoms with E-state index in [9.17, 15) is 0 Å². The molecule has 0 aliphatic carbocycles. The van der Waals surface area contributed by atoms with Gasteiger partial charge in [-0.1, -0.05) is 17.7 Å². The first-order valence-corrected chi connectivity index (χ1v) is 8.67. The third kappa shape index (κ3) is 4.16. The van der Waals surface area contributed by atoms with Gasteiger partial charge in [-0.15, -0.1) is 0 Å². The number of nitrogens with two attached hydrogens (primary N) is 1. The highest BCUT2D eigenvalue weighted by Crippen LogP contribution is 2.28. The molecule has 1 aliphatic rings. The second kappa shape index (κ2) is 7.36. The summed E-state index contributed by atoms with van der Waals surface area (Å²) in [7, 11) is 0. The molecule has 0 saturated carbocycles. The van der Waals surface area contributed by atoms with Crippen LogP contribution in [0.4, 0.5) is 11.6 Å². The van der Waals surface area contributed by atoms with Crippen molar-refractivity contribution in [3.8, 4) is 11.3 Å². The summed E-state index contributed by atoms with van der Waals surface area (Å²) in [5.74, 6) is 1.86. The maximum atomic E-state index is 6.22. The van der Waals surface area contributed by atoms with Gasteiger partial charge < -0.3 is 15.8 Å². The van der Waals surface area contributed by atoms with Crippen molar-refractivity contribution < 1.29 is 4.74 Å². The summed E-state index contributed by atoms with van der Waals surface area (Å²) in [5, 5.41) is 3.99. The number of anilines is 2. The van der Waals surface area contributed by atoms with Gasteiger partial charge in [0.2, 0.25) is 0 Å². The lowest BCUT2D eigenvalue weighted by Gasteiger charge is -2.32. The Morgan fingerprint density at radius 1 is 1.29 bits per heavy atom. The smallest absolute Gasteiger partial charge is 0.126 e. The Bertz CT molecular complexity index is 699. The van der Waals surface area contributed by atoms with E-state index in [0.29, 0.717) is 29.0 Å². The summed E-state index contributed by atoms with van der Waals surface area (Å²) >= 11 is 6.22. The minimum atomic E-state index is 0.318. The zero-order valence-corrected chi connectivity index (χ0v) is 14.8. The molecule has 5 nitrogen and oxygen atoms in total. The van der Waals surface area contributed by atoms with Crippen LogP contribution < -0.4 is 11.1 Å². The minimum absolute atomic E-state index is 0.318. The molecular weight excluding hydrogens is 324 g/mol. The highest BCUT2D eigenvalue weighted by molar-refractivity contribution is 6.33. The summed E-state index contributed by atoms with van der Waals surface area (Å²) in [6, 6.07) is 7.60. The molecule has 128 valence electrons. The predicted octanol–water partition coefficient (Wildman–Crippen LogP) is 3.99. The molecule has 1 aliphatic heterocycles. The zero-order chi connectivity index (χ0) is 17.1. The molecule has 1 unspecified atom stereocenters. The van der Waals surface area contributed by atoms with Crippen LogP contribution >= 0.6 is 11.6 Å². The van der Waals surface area contributed by atoms with Gasteiger partial charge in [0.15, 0.2) is 0 Å². The number of nitrogens with zero attached hydrogens (tertiary/aromatic N) is 2. The number of hydrogen-bond acceptors (Lipinski definition) is 5. The fourth-order valence-electron chi connectivity index (χ4n) is 3.29. The highest BCUT2D eigenvalue weighted by Gasteiger charge is 2.24. The topological polar surface area (TPSA) is 73.1 Å². The van der Waals surface area contributed by atoms with Gasteiger partial charge in [0.1, 0.15) is 11.6 Å². The van der Waals surface area contributed by atoms with Crippen molar-refractivity contribution >= 4 is 23.2 Å². The molecule has 1 saturated heterocycles. The van der Waals surface area contributed by atoms with Gasteiger partial charge in [0.05, 0.1) is 22.9 Å². The van der Waals surface area contributed by atoms with Crippen LogP contribution in [0.1, 0.15) is 26.7 Å². The standard InChI is InChI=1S/C18H23ClN4O/c1-11-6-13(7-12(2)24-11)9-22-18-5-3-4-16(23-18)14-8-17(20)21-10-15(14)19/h3-5,8,10-13H,6-7,9H2,1-2H3,(H2,20,21)(H,22,23)/t11-,12+,13?. The lowest BCUT2D eigenvalue weighted by Crippen LogP contribution is -2.32. The first kappa shape index (κ1) is 17.0. The summed E-state index contributed by atoms with van der Waals surface area (Å²) in [6.07, 6.45) is 4.34. The number of aromatic nitrogens is 2. The molecular formula is C18H23ClN4O. The van der Waals surface area contributed by atoms with Crippen molar-refractivity contribution in [1.82, 2.24) is 9.97 Å². The number of pyridine rings is 2. The van der Waals surface area contributed by atoms with E-state index in [1.165, 1.54) is 0 Å². The van der Waals surface area contributed by atoms with E-state index >= 15 is 0 Å². The number of rotatable bonds is 4. The van der Waals surface area contributed by atoms with Crippen LogP contribution in [0.3, 0.4) is 0 Å². The predicted molar refractivity (Wildman–Crippen MR) is 98.1 cm³/mol. The summed E-state index contributed by atoms with van der Waals surface area (Å²) in [6.45, 7) is 5.16. The monoisotopic (exact) mass is 346 g/mol. The second-order valence-electron chi connectivity index (χ2n) is 6.47. The van der Waals surface area contributed by atoms with E-state index in [1.807, 2.05) is 18.2 Å². The molecule has 3 rings (SSSR count). The normalized spacial score (nSPS) is 23.9. The number of ether oxygens (including phenoxy) is 1. The molecule has 2 aromatic heterocycles. The summed E-state index contributed by atoms with van der Waals surface area (Å²) in [4.78, 5) is 8.65. The first-order chi connectivity index (χ1) is 11.5. The molecule has 1 fully saturated rings. The van der Waals surface area contributed by atoms with Crippen LogP contribution in [0.15, 0.2) is 30.5 Å². The Kier molecular flexibility index (Phi) is 5.21. The third-order valence-electron chi connectivity index (χ3n) is 4.27. The van der Waals surface area contributed by atoms with Crippen molar-refractivity contribution in [2.75, 3.05) is 17.6 Å². The number of hydrogen-bond donors (Lipinski definition) is 2. The van der Waals surface area contributed by atoms with Crippen molar-refractivity contribution in [3.05, 3.63) is 35.5 Å². The van der Waals surface area contributed by atoms with Crippen LogP contribution in [0.25, 0.3) is 11.3 Å². The Morgan fingerprint density at radius 2 is 2.04 bits per heavy atom. The van der Waals surface area contributed by atoms with Crippen LogP contribution in [0, 0.1) is 5.92 Å². The van der Waals surface area contributed by atoms with E-state index in [4.69, 9.17) is 22.1 Å². The quantitative estimate of drug-likeness (QED) is 0.875. The highest BCUT2D eigenvalue weighted by atomic mass is 35.5. The van der Waals surface area contributed by atoms with Gasteiger partial charge in [0.25, 0.3) is 0 Å². The maximum Gasteiger partial charge on any atom is 0.126 e. The van der Waals surface area contributed by atoms with Crippen LogP contribution in [-0.2, 0) is 4.74 Å². The van der Waals surface area contributed by atoms with Crippen molar-refractivity contribution in [2.24, 2.45) is 5.92 Å². The van der Waals surface area contributed by atoms with E-state index in [0.717, 1.165) is 36.5 Å². The van der Waals surface area contributed by atoms with E-state index in [2.05, 4.69) is 29.1 Å². The van der Waals surface area contributed by atoms with Crippen LogP contribution in [0.2, 0.25) is 5.02 Å². The maximum absolute atomic E-state index is 6.22. The fourth-order valence-corrected chi connectivity index (χ4v) is 3.49. The van der Waals surface area contributed by atoms with Crippen molar-refractivity contribution in [3.63, 3.8) is 0 Å². The van der Waals surface area contributed by atoms with E-state index in [-0.39, 0.29) is 0 Å². The second-order valence-corrected chi connectivity index (χ2v) is 6.88. The number of nitrogen functional groups attached to an aromatic ring is 1. The minimum Gasteiger partial charge on any atom is -0.384 e. The van der Waals surface area contributed by atoms with Crippen molar-refractivity contribution in [1.29, 1.82) is 0 Å². The zero-order valence-electron chi connectivity index (χ0n) is 14.0. The average Bonchev–Trinajstić information content (AvgIpc) is 2.55. The molecule has 0 spiro atoms. The first-order valence-electron chi connectivity index (χ1n) is 8.29. The molecule has 0 amide bonds. The molecule has 3 N–H and O–H groups in total. The number of nitrogens with one attached hydrogen (secondary N) is 1. The molecule has 24 heavy (non-hydrogen) atoms. The van der Waals surface area contributed by atoms with Crippen LogP contribution in [0.5, 0.6) is 0 Å². The Balaban J connectivity index is 1.70. The van der Waals surface area contributed by atoms with Gasteiger partial charge in [-0.05, 0) is 50.8 Å². The molecule has 2 aromatic rings. The lowest BCUT2D eigenvalue weighted by atomic mass is 9.92. The third-order valence-corrected chi connectivity index (χ3v) is 4.57. The molecule has 0 aromatic carbocycles. The molecule has 6 heteroatoms. The van der Waals surface area contributed by atoms with Gasteiger partial charge in [-0.25, -0.2) is 9.97 Å². The van der Waals surface area contributed by atoms with E-state index in [1.54, 1.807) is 12.3 Å². The molecule has 3 atom stereocenters. The Hall–Kier alpha value is -1.85. The fraction of sp³-hybridized carbons (Fsp3) is 0.444. The molecule has 0 radical (unpaired) electrons. The Morgan fingerprint density at radius 3 is 2.79 bits per heavy atom. The largest absolute Gasteiger partial charge is 0.384 e. The molecule has 3 heterocycles. The van der Waals surface area contributed by atoms with E-state index < -0.39 is 0 Å². The van der Waals surface area contributed by atoms with Gasteiger partial charge >= 0.3 is 0 Å². The van der Waals surface area contributed by atoms with Gasteiger partial charge in [-0.3, -0.25) is 0 Å². The van der Waals surface area contributed by atoms with Gasteiger partial charge in [-0.2, -0.15) is 0 Å². The van der Waals surface area contributed by atoms with Crippen LogP contribution in [-0.4, -0.2) is 28.7 Å². The lowest BCUT2D eigenvalue weighted by molar-refractivity contribution is -0.0495. The Labute approximate surface area is 147 Å². The van der Waals surface area contributed by atoms with Gasteiger partial charge in [0, 0.05) is 18.3 Å². The number of halogens is 1. The summed E-state index contributed by atoms with van der Waals surface area (Å²) < 4.78 is 5.79. The molecule has 0 bridgehead atoms.